The van der Waals surface area contributed by atoms with E-state index in [-0.39, 0.29) is 5.91 Å². The lowest BCUT2D eigenvalue weighted by Crippen LogP contribution is -2.26. The van der Waals surface area contributed by atoms with Crippen LogP contribution in [0.3, 0.4) is 0 Å². The van der Waals surface area contributed by atoms with Crippen molar-refractivity contribution in [2.45, 2.75) is 19.3 Å². The fourth-order valence-corrected chi connectivity index (χ4v) is 2.04. The summed E-state index contributed by atoms with van der Waals surface area (Å²) in [5, 5.41) is 0. The van der Waals surface area contributed by atoms with Gasteiger partial charge in [0.15, 0.2) is 6.29 Å². The van der Waals surface area contributed by atoms with Gasteiger partial charge in [0.2, 0.25) is 5.91 Å². The summed E-state index contributed by atoms with van der Waals surface area (Å²) in [4.78, 5) is 24.2. The molecule has 1 heterocycles. The number of hydrogen-bond acceptors (Lipinski definition) is 2. The van der Waals surface area contributed by atoms with Crippen molar-refractivity contribution in [1.29, 1.82) is 0 Å². The van der Waals surface area contributed by atoms with Gasteiger partial charge in [-0.05, 0) is 24.5 Å². The number of amides is 1. The first-order chi connectivity index (χ1) is 7.24. The summed E-state index contributed by atoms with van der Waals surface area (Å²) in [5.74, 6) is 0.0862. The van der Waals surface area contributed by atoms with Crippen LogP contribution in [0.1, 0.15) is 28.8 Å². The molecule has 1 aromatic carbocycles. The van der Waals surface area contributed by atoms with Crippen molar-refractivity contribution in [1.82, 2.24) is 0 Å². The molecule has 1 amide bonds. The fraction of sp³-hybridized carbons (Fsp3) is 0.333. The Morgan fingerprint density at radius 2 is 2.13 bits per heavy atom. The van der Waals surface area contributed by atoms with Crippen LogP contribution in [-0.4, -0.2) is 19.2 Å². The number of fused-ring (bicyclic) bond motifs is 1. The van der Waals surface area contributed by atoms with Gasteiger partial charge in [-0.3, -0.25) is 9.59 Å². The zero-order chi connectivity index (χ0) is 10.8. The Morgan fingerprint density at radius 3 is 2.87 bits per heavy atom. The Balaban J connectivity index is 2.59. The quantitative estimate of drug-likeness (QED) is 0.653. The summed E-state index contributed by atoms with van der Waals surface area (Å²) in [5.41, 5.74) is 2.48. The van der Waals surface area contributed by atoms with Gasteiger partial charge >= 0.3 is 0 Å². The Kier molecular flexibility index (Phi) is 2.54. The lowest BCUT2D eigenvalue weighted by atomic mass is 10.0. The van der Waals surface area contributed by atoms with Crippen molar-refractivity contribution in [3.8, 4) is 0 Å². The minimum absolute atomic E-state index is 0.0862. The zero-order valence-corrected chi connectivity index (χ0v) is 8.69. The first-order valence-electron chi connectivity index (χ1n) is 5.07. The highest BCUT2D eigenvalue weighted by Crippen LogP contribution is 2.28. The van der Waals surface area contributed by atoms with Crippen molar-refractivity contribution in [2.75, 3.05) is 11.9 Å². The van der Waals surface area contributed by atoms with E-state index in [0.29, 0.717) is 12.0 Å². The van der Waals surface area contributed by atoms with Gasteiger partial charge in [0.25, 0.3) is 0 Å². The number of benzene rings is 1. The molecule has 1 aliphatic rings. The molecule has 0 N–H and O–H groups in total. The fourth-order valence-electron chi connectivity index (χ4n) is 2.04. The molecule has 2 rings (SSSR count). The van der Waals surface area contributed by atoms with Crippen molar-refractivity contribution in [3.63, 3.8) is 0 Å². The summed E-state index contributed by atoms with van der Waals surface area (Å²) in [6, 6.07) is 5.60. The number of para-hydroxylation sites is 1. The summed E-state index contributed by atoms with van der Waals surface area (Å²) in [7, 11) is 1.74. The summed E-state index contributed by atoms with van der Waals surface area (Å²) in [6.45, 7) is 0. The molecule has 0 aromatic heterocycles. The molecule has 0 spiro atoms. The maximum atomic E-state index is 11.7. The van der Waals surface area contributed by atoms with E-state index >= 15 is 0 Å². The van der Waals surface area contributed by atoms with Crippen LogP contribution in [0.4, 0.5) is 5.69 Å². The third kappa shape index (κ3) is 1.65. The second-order valence-corrected chi connectivity index (χ2v) is 3.78. The normalized spacial score (nSPS) is 15.8. The number of anilines is 1. The van der Waals surface area contributed by atoms with Crippen LogP contribution in [0.15, 0.2) is 18.2 Å². The van der Waals surface area contributed by atoms with Gasteiger partial charge in [-0.2, -0.15) is 0 Å². The maximum absolute atomic E-state index is 11.7. The Morgan fingerprint density at radius 1 is 1.33 bits per heavy atom. The van der Waals surface area contributed by atoms with E-state index in [1.165, 1.54) is 0 Å². The van der Waals surface area contributed by atoms with E-state index in [1.807, 2.05) is 12.1 Å². The van der Waals surface area contributed by atoms with Crippen LogP contribution >= 0.6 is 0 Å². The molecule has 15 heavy (non-hydrogen) atoms. The number of hydrogen-bond donors (Lipinski definition) is 0. The molecule has 0 radical (unpaired) electrons. The smallest absolute Gasteiger partial charge is 0.226 e. The van der Waals surface area contributed by atoms with Crippen molar-refractivity contribution in [3.05, 3.63) is 29.3 Å². The maximum Gasteiger partial charge on any atom is 0.226 e. The van der Waals surface area contributed by atoms with Gasteiger partial charge in [0, 0.05) is 19.0 Å². The second-order valence-electron chi connectivity index (χ2n) is 3.78. The van der Waals surface area contributed by atoms with Gasteiger partial charge in [0.1, 0.15) is 0 Å². The molecule has 0 atom stereocenters. The van der Waals surface area contributed by atoms with Gasteiger partial charge in [-0.15, -0.1) is 0 Å². The molecule has 0 aliphatic carbocycles. The van der Waals surface area contributed by atoms with Crippen LogP contribution in [-0.2, 0) is 11.2 Å². The Labute approximate surface area is 88.7 Å². The minimum atomic E-state index is 0.0862. The molecule has 0 saturated carbocycles. The number of nitrogens with zero attached hydrogens (tertiary/aromatic N) is 1. The SMILES string of the molecule is CN1C(=O)CCCc2cccc(C=O)c21. The average molecular weight is 203 g/mol. The molecule has 0 bridgehead atoms. The molecule has 3 heteroatoms. The Bertz CT molecular complexity index is 412. The largest absolute Gasteiger partial charge is 0.314 e. The lowest BCUT2D eigenvalue weighted by Gasteiger charge is -2.19. The molecule has 1 aliphatic heterocycles. The minimum Gasteiger partial charge on any atom is -0.314 e. The zero-order valence-electron chi connectivity index (χ0n) is 8.69. The van der Waals surface area contributed by atoms with Crippen molar-refractivity contribution < 1.29 is 9.59 Å². The third-order valence-corrected chi connectivity index (χ3v) is 2.82. The van der Waals surface area contributed by atoms with E-state index in [1.54, 1.807) is 18.0 Å². The van der Waals surface area contributed by atoms with Crippen LogP contribution in [0.5, 0.6) is 0 Å². The van der Waals surface area contributed by atoms with Crippen molar-refractivity contribution >= 4 is 17.9 Å². The van der Waals surface area contributed by atoms with Gasteiger partial charge in [0.05, 0.1) is 5.69 Å². The van der Waals surface area contributed by atoms with Crippen LogP contribution in [0.25, 0.3) is 0 Å². The number of carbonyl (C=O) groups is 2. The van der Waals surface area contributed by atoms with Crippen LogP contribution < -0.4 is 4.90 Å². The summed E-state index contributed by atoms with van der Waals surface area (Å²) >= 11 is 0. The molecule has 0 fully saturated rings. The standard InChI is InChI=1S/C12H13NO2/c1-13-11(15)7-3-5-9-4-2-6-10(8-14)12(9)13/h2,4,6,8H,3,5,7H2,1H3. The van der Waals surface area contributed by atoms with Crippen molar-refractivity contribution in [2.24, 2.45) is 0 Å². The van der Waals surface area contributed by atoms with Crippen LogP contribution in [0, 0.1) is 0 Å². The molecule has 3 nitrogen and oxygen atoms in total. The molecular formula is C12H13NO2. The predicted molar refractivity (Wildman–Crippen MR) is 58.2 cm³/mol. The number of rotatable bonds is 1. The average Bonchev–Trinajstić information content (AvgIpc) is 2.40. The van der Waals surface area contributed by atoms with Gasteiger partial charge < -0.3 is 4.90 Å². The van der Waals surface area contributed by atoms with E-state index in [0.717, 1.165) is 30.4 Å². The molecular weight excluding hydrogens is 190 g/mol. The number of carbonyl (C=O) groups excluding carboxylic acids is 2. The summed E-state index contributed by atoms with van der Waals surface area (Å²) < 4.78 is 0. The van der Waals surface area contributed by atoms with Gasteiger partial charge in [-0.25, -0.2) is 0 Å². The third-order valence-electron chi connectivity index (χ3n) is 2.82. The topological polar surface area (TPSA) is 37.4 Å². The van der Waals surface area contributed by atoms with E-state index in [4.69, 9.17) is 0 Å². The predicted octanol–water partition coefficient (Wildman–Crippen LogP) is 1.80. The Hall–Kier alpha value is -1.64. The van der Waals surface area contributed by atoms with Crippen LogP contribution in [0.2, 0.25) is 0 Å². The first kappa shape index (κ1) is 9.90. The highest BCUT2D eigenvalue weighted by Gasteiger charge is 2.20. The van der Waals surface area contributed by atoms with Gasteiger partial charge in [-0.1, -0.05) is 12.1 Å². The highest BCUT2D eigenvalue weighted by atomic mass is 16.2. The number of aldehydes is 1. The second kappa shape index (κ2) is 3.85. The highest BCUT2D eigenvalue weighted by molar-refractivity contribution is 5.99. The van der Waals surface area contributed by atoms with E-state index in [9.17, 15) is 9.59 Å². The first-order valence-corrected chi connectivity index (χ1v) is 5.07. The molecule has 1 aromatic rings. The monoisotopic (exact) mass is 203 g/mol. The lowest BCUT2D eigenvalue weighted by molar-refractivity contribution is -0.118. The molecule has 78 valence electrons. The summed E-state index contributed by atoms with van der Waals surface area (Å²) in [6.07, 6.45) is 3.10. The van der Waals surface area contributed by atoms with E-state index < -0.39 is 0 Å². The molecule has 0 saturated heterocycles. The molecule has 0 unspecified atom stereocenters. The van der Waals surface area contributed by atoms with E-state index in [2.05, 4.69) is 0 Å². The number of aryl methyl sites for hydroxylation is 1.